The summed E-state index contributed by atoms with van der Waals surface area (Å²) in [6, 6.07) is 3.55. The molecule has 11 heteroatoms. The first-order valence-electron chi connectivity index (χ1n) is 11.9. The maximum Gasteiger partial charge on any atom is 0.432 e. The number of rotatable bonds is 6. The summed E-state index contributed by atoms with van der Waals surface area (Å²) in [6.45, 7) is 3.84. The van der Waals surface area contributed by atoms with E-state index in [9.17, 15) is 13.2 Å². The molecule has 0 unspecified atom stereocenters. The minimum Gasteiger partial charge on any atom is -0.493 e. The average molecular weight is 511 g/mol. The number of aromatic nitrogens is 2. The minimum atomic E-state index is -4.49. The number of benzene rings is 1. The minimum absolute atomic E-state index is 0.102. The summed E-state index contributed by atoms with van der Waals surface area (Å²) in [5.74, 6) is 1.81. The van der Waals surface area contributed by atoms with Crippen LogP contribution in [0.5, 0.6) is 11.5 Å². The molecule has 0 bridgehead atoms. The van der Waals surface area contributed by atoms with Crippen LogP contribution in [0, 0.1) is 5.92 Å². The highest BCUT2D eigenvalue weighted by molar-refractivity contribution is 8.02. The summed E-state index contributed by atoms with van der Waals surface area (Å²) in [7, 11) is 2.12. The van der Waals surface area contributed by atoms with Crippen molar-refractivity contribution in [2.75, 3.05) is 50.7 Å². The first kappa shape index (κ1) is 24.5. The number of nitrogens with zero attached hydrogens (tertiary/aromatic N) is 4. The van der Waals surface area contributed by atoms with Crippen molar-refractivity contribution in [2.45, 2.75) is 38.0 Å². The Morgan fingerprint density at radius 2 is 1.89 bits per heavy atom. The number of likely N-dealkylation sites (tertiary alicyclic amines) is 1. The summed E-state index contributed by atoms with van der Waals surface area (Å²) in [5, 5.41) is 1.59. The van der Waals surface area contributed by atoms with Crippen LogP contribution in [-0.4, -0.2) is 73.0 Å². The van der Waals surface area contributed by atoms with Crippen molar-refractivity contribution in [1.29, 1.82) is 0 Å². The van der Waals surface area contributed by atoms with E-state index in [0.717, 1.165) is 43.1 Å². The van der Waals surface area contributed by atoms with E-state index in [2.05, 4.69) is 21.9 Å². The Labute approximate surface area is 206 Å². The quantitative estimate of drug-likeness (QED) is 0.548. The number of anilines is 1. The van der Waals surface area contributed by atoms with Gasteiger partial charge in [-0.2, -0.15) is 13.2 Å². The fourth-order valence-electron chi connectivity index (χ4n) is 4.63. The zero-order chi connectivity index (χ0) is 24.4. The standard InChI is InChI=1S/C24H29F3N4O3S/c1-30-6-2-16(3-7-30)12-33-18-10-19-22(20(11-18)34-17-4-8-32-9-5-17)23(29-14-28-19)31-15-35-13-21(31)24(25,26)27/h10-11,13-14,16-17H,2-9,12,15H2,1H3. The van der Waals surface area contributed by atoms with Crippen LogP contribution >= 0.6 is 11.8 Å². The van der Waals surface area contributed by atoms with Crippen molar-refractivity contribution in [3.05, 3.63) is 29.6 Å². The third-order valence-corrected chi connectivity index (χ3v) is 7.47. The molecule has 0 amide bonds. The zero-order valence-corrected chi connectivity index (χ0v) is 20.4. The number of hydrogen-bond donors (Lipinski definition) is 0. The molecule has 0 saturated carbocycles. The van der Waals surface area contributed by atoms with E-state index >= 15 is 0 Å². The topological polar surface area (TPSA) is 60.0 Å². The normalized spacial score (nSPS) is 20.9. The summed E-state index contributed by atoms with van der Waals surface area (Å²) in [5.41, 5.74) is -0.238. The number of hydrogen-bond acceptors (Lipinski definition) is 8. The largest absolute Gasteiger partial charge is 0.493 e. The predicted molar refractivity (Wildman–Crippen MR) is 129 cm³/mol. The van der Waals surface area contributed by atoms with Crippen LogP contribution < -0.4 is 14.4 Å². The molecular weight excluding hydrogens is 481 g/mol. The first-order valence-corrected chi connectivity index (χ1v) is 12.9. The Kier molecular flexibility index (Phi) is 7.26. The number of allylic oxidation sites excluding steroid dienone is 1. The Balaban J connectivity index is 1.48. The van der Waals surface area contributed by atoms with E-state index in [4.69, 9.17) is 14.2 Å². The molecule has 0 N–H and O–H groups in total. The SMILES string of the molecule is CN1CCC(COc2cc(OC3CCOCC3)c3c(N4CSC=C4C(F)(F)F)ncnc3c2)CC1. The zero-order valence-electron chi connectivity index (χ0n) is 19.6. The van der Waals surface area contributed by atoms with E-state index in [-0.39, 0.29) is 17.8 Å². The van der Waals surface area contributed by atoms with Crippen molar-refractivity contribution in [2.24, 2.45) is 5.92 Å². The molecule has 3 aliphatic heterocycles. The molecule has 3 aliphatic rings. The monoisotopic (exact) mass is 510 g/mol. The van der Waals surface area contributed by atoms with Crippen molar-refractivity contribution in [1.82, 2.24) is 14.9 Å². The molecule has 2 saturated heterocycles. The highest BCUT2D eigenvalue weighted by Gasteiger charge is 2.42. The lowest BCUT2D eigenvalue weighted by Gasteiger charge is -2.29. The molecule has 5 rings (SSSR count). The summed E-state index contributed by atoms with van der Waals surface area (Å²) in [4.78, 5) is 12.2. The lowest BCUT2D eigenvalue weighted by molar-refractivity contribution is -0.0925. The second-order valence-corrected chi connectivity index (χ2v) is 10.1. The van der Waals surface area contributed by atoms with Gasteiger partial charge in [0.25, 0.3) is 0 Å². The number of thioether (sulfide) groups is 1. The van der Waals surface area contributed by atoms with E-state index in [1.807, 2.05) is 0 Å². The van der Waals surface area contributed by atoms with Crippen molar-refractivity contribution < 1.29 is 27.4 Å². The number of fused-ring (bicyclic) bond motifs is 1. The van der Waals surface area contributed by atoms with Gasteiger partial charge < -0.3 is 24.0 Å². The highest BCUT2D eigenvalue weighted by atomic mass is 32.2. The van der Waals surface area contributed by atoms with Gasteiger partial charge in [-0.05, 0) is 38.9 Å². The number of ether oxygens (including phenoxy) is 3. The fourth-order valence-corrected chi connectivity index (χ4v) is 5.53. The maximum absolute atomic E-state index is 13.7. The molecule has 1 aromatic carbocycles. The van der Waals surface area contributed by atoms with Gasteiger partial charge >= 0.3 is 6.18 Å². The Bertz CT molecular complexity index is 1070. The van der Waals surface area contributed by atoms with Gasteiger partial charge in [-0.15, -0.1) is 11.8 Å². The molecule has 1 aromatic heterocycles. The molecule has 2 fully saturated rings. The molecule has 0 spiro atoms. The van der Waals surface area contributed by atoms with Crippen LogP contribution in [0.4, 0.5) is 19.0 Å². The van der Waals surface area contributed by atoms with Gasteiger partial charge in [0.05, 0.1) is 36.6 Å². The number of piperidine rings is 1. The lowest BCUT2D eigenvalue weighted by atomic mass is 9.98. The molecule has 0 aliphatic carbocycles. The molecule has 2 aromatic rings. The van der Waals surface area contributed by atoms with Crippen molar-refractivity contribution >= 4 is 28.5 Å². The Morgan fingerprint density at radius 3 is 2.63 bits per heavy atom. The van der Waals surface area contributed by atoms with Gasteiger partial charge in [-0.25, -0.2) is 9.97 Å². The predicted octanol–water partition coefficient (Wildman–Crippen LogP) is 4.82. The van der Waals surface area contributed by atoms with Crippen LogP contribution in [-0.2, 0) is 4.74 Å². The van der Waals surface area contributed by atoms with Gasteiger partial charge in [0, 0.05) is 30.4 Å². The third kappa shape index (κ3) is 5.62. The van der Waals surface area contributed by atoms with Gasteiger partial charge in [-0.1, -0.05) is 0 Å². The molecule has 190 valence electrons. The fraction of sp³-hybridized carbons (Fsp3) is 0.583. The van der Waals surface area contributed by atoms with E-state index < -0.39 is 11.9 Å². The number of alkyl halides is 3. The van der Waals surface area contributed by atoms with Gasteiger partial charge in [-0.3, -0.25) is 0 Å². The molecule has 4 heterocycles. The van der Waals surface area contributed by atoms with E-state index in [1.54, 1.807) is 12.1 Å². The molecular formula is C24H29F3N4O3S. The summed E-state index contributed by atoms with van der Waals surface area (Å²) in [6.07, 6.45) is 0.265. The summed E-state index contributed by atoms with van der Waals surface area (Å²) >= 11 is 1.09. The van der Waals surface area contributed by atoms with Crippen LogP contribution in [0.25, 0.3) is 10.9 Å². The van der Waals surface area contributed by atoms with Gasteiger partial charge in [0.1, 0.15) is 35.4 Å². The molecule has 0 atom stereocenters. The second-order valence-electron chi connectivity index (χ2n) is 9.22. The average Bonchev–Trinajstić information content (AvgIpc) is 3.35. The Morgan fingerprint density at radius 1 is 1.11 bits per heavy atom. The van der Waals surface area contributed by atoms with E-state index in [0.29, 0.717) is 61.0 Å². The lowest BCUT2D eigenvalue weighted by Crippen LogP contribution is -2.32. The van der Waals surface area contributed by atoms with Gasteiger partial charge in [0.15, 0.2) is 0 Å². The van der Waals surface area contributed by atoms with E-state index in [1.165, 1.54) is 11.2 Å². The van der Waals surface area contributed by atoms with Crippen LogP contribution in [0.1, 0.15) is 25.7 Å². The highest BCUT2D eigenvalue weighted by Crippen LogP contribution is 2.44. The van der Waals surface area contributed by atoms with Gasteiger partial charge in [0.2, 0.25) is 0 Å². The Hall–Kier alpha value is -2.24. The smallest absolute Gasteiger partial charge is 0.432 e. The molecule has 0 radical (unpaired) electrons. The summed E-state index contributed by atoms with van der Waals surface area (Å²) < 4.78 is 59.1. The third-order valence-electron chi connectivity index (χ3n) is 6.68. The second kappa shape index (κ2) is 10.4. The maximum atomic E-state index is 13.7. The molecule has 35 heavy (non-hydrogen) atoms. The van der Waals surface area contributed by atoms with Crippen molar-refractivity contribution in [3.8, 4) is 11.5 Å². The van der Waals surface area contributed by atoms with Crippen LogP contribution in [0.15, 0.2) is 29.6 Å². The van der Waals surface area contributed by atoms with Crippen LogP contribution in [0.2, 0.25) is 0 Å². The van der Waals surface area contributed by atoms with Crippen molar-refractivity contribution in [3.63, 3.8) is 0 Å². The van der Waals surface area contributed by atoms with Crippen LogP contribution in [0.3, 0.4) is 0 Å². The molecule has 7 nitrogen and oxygen atoms in total. The first-order chi connectivity index (χ1) is 16.9. The number of halogens is 3.